The first-order valence-corrected chi connectivity index (χ1v) is 11.0. The highest BCUT2D eigenvalue weighted by Crippen LogP contribution is 2.28. The highest BCUT2D eigenvalue weighted by molar-refractivity contribution is 5.43. The van der Waals surface area contributed by atoms with Crippen molar-refractivity contribution >= 4 is 0 Å². The van der Waals surface area contributed by atoms with E-state index >= 15 is 0 Å². The van der Waals surface area contributed by atoms with Gasteiger partial charge in [0.1, 0.15) is 24.3 Å². The number of nitrogens with zero attached hydrogens (tertiary/aromatic N) is 2. The van der Waals surface area contributed by atoms with Crippen LogP contribution in [0.2, 0.25) is 0 Å². The summed E-state index contributed by atoms with van der Waals surface area (Å²) in [6.07, 6.45) is 0.470. The number of halogens is 2. The van der Waals surface area contributed by atoms with Gasteiger partial charge in [-0.2, -0.15) is 0 Å². The summed E-state index contributed by atoms with van der Waals surface area (Å²) in [4.78, 5) is 4.56. The number of rotatable bonds is 10. The molecule has 1 unspecified atom stereocenters. The number of ether oxygens (including phenoxy) is 2. The zero-order valence-electron chi connectivity index (χ0n) is 18.8. The molecule has 2 aromatic carbocycles. The fraction of sp³-hybridized carbons (Fsp3) is 0.500. The van der Waals surface area contributed by atoms with E-state index in [-0.39, 0.29) is 18.7 Å². The van der Waals surface area contributed by atoms with Crippen molar-refractivity contribution in [1.82, 2.24) is 15.1 Å². The summed E-state index contributed by atoms with van der Waals surface area (Å²) in [5.74, 6) is -0.0430. The molecule has 1 aliphatic heterocycles. The minimum absolute atomic E-state index is 0.0142. The van der Waals surface area contributed by atoms with Crippen LogP contribution in [0, 0.1) is 11.6 Å². The number of aliphatic hydroxyl groups excluding tert-OH is 1. The molecular formula is C24H33F2N3O3. The predicted octanol–water partition coefficient (Wildman–Crippen LogP) is 2.64. The van der Waals surface area contributed by atoms with Gasteiger partial charge in [-0.15, -0.1) is 0 Å². The van der Waals surface area contributed by atoms with Crippen LogP contribution < -0.4 is 14.8 Å². The highest BCUT2D eigenvalue weighted by atomic mass is 19.1. The zero-order valence-corrected chi connectivity index (χ0v) is 18.8. The van der Waals surface area contributed by atoms with E-state index in [2.05, 4.69) is 22.2 Å². The van der Waals surface area contributed by atoms with E-state index in [0.29, 0.717) is 24.6 Å². The average molecular weight is 450 g/mol. The second kappa shape index (κ2) is 12.1. The summed E-state index contributed by atoms with van der Waals surface area (Å²) in [5.41, 5.74) is 0.892. The summed E-state index contributed by atoms with van der Waals surface area (Å²) >= 11 is 0. The molecule has 0 bridgehead atoms. The van der Waals surface area contributed by atoms with Crippen LogP contribution in [0.4, 0.5) is 8.78 Å². The number of nitrogens with one attached hydrogen (secondary N) is 1. The van der Waals surface area contributed by atoms with Crippen LogP contribution in [0.5, 0.6) is 11.5 Å². The van der Waals surface area contributed by atoms with Gasteiger partial charge in [0.2, 0.25) is 0 Å². The van der Waals surface area contributed by atoms with E-state index in [1.165, 1.54) is 18.2 Å². The minimum atomic E-state index is -0.617. The highest BCUT2D eigenvalue weighted by Gasteiger charge is 2.17. The zero-order chi connectivity index (χ0) is 22.9. The normalized spacial score (nSPS) is 16.5. The second-order valence-corrected chi connectivity index (χ2v) is 8.21. The van der Waals surface area contributed by atoms with Crippen LogP contribution in [0.15, 0.2) is 36.4 Å². The van der Waals surface area contributed by atoms with Gasteiger partial charge < -0.3 is 24.8 Å². The van der Waals surface area contributed by atoms with Crippen LogP contribution >= 0.6 is 0 Å². The molecule has 1 fully saturated rings. The van der Waals surface area contributed by atoms with Gasteiger partial charge in [-0.1, -0.05) is 12.1 Å². The number of likely N-dealkylation sites (N-methyl/N-ethyl adjacent to an activating group) is 1. The van der Waals surface area contributed by atoms with Crippen LogP contribution in [0.25, 0.3) is 0 Å². The Bertz CT molecular complexity index is 848. The Balaban J connectivity index is 1.52. The Morgan fingerprint density at radius 2 is 1.81 bits per heavy atom. The average Bonchev–Trinajstić information content (AvgIpc) is 2.98. The monoisotopic (exact) mass is 449 g/mol. The van der Waals surface area contributed by atoms with Gasteiger partial charge in [-0.05, 0) is 56.4 Å². The van der Waals surface area contributed by atoms with Crippen molar-refractivity contribution in [2.75, 3.05) is 53.5 Å². The minimum Gasteiger partial charge on any atom is -0.493 e. The molecule has 32 heavy (non-hydrogen) atoms. The summed E-state index contributed by atoms with van der Waals surface area (Å²) < 4.78 is 38.8. The Labute approximate surface area is 188 Å². The fourth-order valence-corrected chi connectivity index (χ4v) is 3.80. The first kappa shape index (κ1) is 24.4. The number of aliphatic hydroxyl groups is 1. The van der Waals surface area contributed by atoms with Gasteiger partial charge in [0.05, 0.1) is 7.11 Å². The molecule has 0 amide bonds. The Kier molecular flexibility index (Phi) is 9.23. The maximum atomic E-state index is 13.8. The van der Waals surface area contributed by atoms with E-state index < -0.39 is 17.7 Å². The lowest BCUT2D eigenvalue weighted by Crippen LogP contribution is -2.37. The van der Waals surface area contributed by atoms with Crippen molar-refractivity contribution in [1.29, 1.82) is 0 Å². The van der Waals surface area contributed by atoms with Crippen LogP contribution in [0.1, 0.15) is 17.5 Å². The van der Waals surface area contributed by atoms with Gasteiger partial charge in [0.15, 0.2) is 11.5 Å². The molecule has 1 heterocycles. The molecule has 3 rings (SSSR count). The van der Waals surface area contributed by atoms with Gasteiger partial charge in [0, 0.05) is 38.3 Å². The molecule has 2 N–H and O–H groups in total. The Morgan fingerprint density at radius 1 is 1.03 bits per heavy atom. The molecular weight excluding hydrogens is 416 g/mol. The number of methoxy groups -OCH3 is 1. The van der Waals surface area contributed by atoms with E-state index in [0.717, 1.165) is 38.2 Å². The van der Waals surface area contributed by atoms with Crippen molar-refractivity contribution in [2.24, 2.45) is 0 Å². The summed E-state index contributed by atoms with van der Waals surface area (Å²) in [5, 5.41) is 13.5. The number of benzene rings is 2. The van der Waals surface area contributed by atoms with E-state index in [9.17, 15) is 13.9 Å². The van der Waals surface area contributed by atoms with Gasteiger partial charge in [-0.3, -0.25) is 4.90 Å². The van der Waals surface area contributed by atoms with Crippen molar-refractivity contribution in [3.05, 3.63) is 59.2 Å². The van der Waals surface area contributed by atoms with Crippen LogP contribution in [-0.4, -0.2) is 74.5 Å². The molecule has 1 aliphatic rings. The molecule has 0 aromatic heterocycles. The lowest BCUT2D eigenvalue weighted by Gasteiger charge is -2.23. The predicted molar refractivity (Wildman–Crippen MR) is 120 cm³/mol. The SMILES string of the molecule is COc1ccc(CNCc2c(F)cccc2F)cc1OCC(O)CN1CCCN(C)CC1. The van der Waals surface area contributed by atoms with E-state index in [4.69, 9.17) is 9.47 Å². The smallest absolute Gasteiger partial charge is 0.161 e. The molecule has 6 nitrogen and oxygen atoms in total. The van der Waals surface area contributed by atoms with Crippen molar-refractivity contribution in [3.8, 4) is 11.5 Å². The second-order valence-electron chi connectivity index (χ2n) is 8.21. The number of β-amino-alcohol motifs (C(OH)–C–C–N with tert-alkyl or cyclic N) is 1. The molecule has 0 aliphatic carbocycles. The third-order valence-electron chi connectivity index (χ3n) is 5.63. The van der Waals surface area contributed by atoms with Crippen LogP contribution in [0.3, 0.4) is 0 Å². The van der Waals surface area contributed by atoms with Gasteiger partial charge in [-0.25, -0.2) is 8.78 Å². The summed E-state index contributed by atoms with van der Waals surface area (Å²) in [6, 6.07) is 9.30. The van der Waals surface area contributed by atoms with Crippen molar-refractivity contribution in [2.45, 2.75) is 25.6 Å². The van der Waals surface area contributed by atoms with Gasteiger partial charge >= 0.3 is 0 Å². The number of hydrogen-bond acceptors (Lipinski definition) is 6. The van der Waals surface area contributed by atoms with E-state index in [1.807, 2.05) is 12.1 Å². The fourth-order valence-electron chi connectivity index (χ4n) is 3.80. The van der Waals surface area contributed by atoms with Gasteiger partial charge in [0.25, 0.3) is 0 Å². The quantitative estimate of drug-likeness (QED) is 0.582. The molecule has 2 aromatic rings. The number of hydrogen-bond donors (Lipinski definition) is 2. The molecule has 1 atom stereocenters. The summed E-state index contributed by atoms with van der Waals surface area (Å²) in [6.45, 7) is 5.15. The maximum absolute atomic E-state index is 13.8. The van der Waals surface area contributed by atoms with E-state index in [1.54, 1.807) is 13.2 Å². The molecule has 8 heteroatoms. The lowest BCUT2D eigenvalue weighted by atomic mass is 10.1. The first-order chi connectivity index (χ1) is 15.5. The topological polar surface area (TPSA) is 57.2 Å². The van der Waals surface area contributed by atoms with Crippen LogP contribution in [-0.2, 0) is 13.1 Å². The molecule has 176 valence electrons. The third-order valence-corrected chi connectivity index (χ3v) is 5.63. The molecule has 1 saturated heterocycles. The van der Waals surface area contributed by atoms with Crippen molar-refractivity contribution in [3.63, 3.8) is 0 Å². The maximum Gasteiger partial charge on any atom is 0.161 e. The summed E-state index contributed by atoms with van der Waals surface area (Å²) in [7, 11) is 3.68. The van der Waals surface area contributed by atoms with Crippen molar-refractivity contribution < 1.29 is 23.4 Å². The molecule has 0 saturated carbocycles. The lowest BCUT2D eigenvalue weighted by molar-refractivity contribution is 0.0685. The third kappa shape index (κ3) is 7.13. The first-order valence-electron chi connectivity index (χ1n) is 11.0. The molecule has 0 spiro atoms. The largest absolute Gasteiger partial charge is 0.493 e. The Morgan fingerprint density at radius 3 is 2.56 bits per heavy atom. The standard InChI is InChI=1S/C24H33F2N3O3/c1-28-9-4-10-29(12-11-28)16-19(30)17-32-24-13-18(7-8-23(24)31-2)14-27-15-20-21(25)5-3-6-22(20)26/h3,5-8,13,19,27,30H,4,9-12,14-17H2,1-2H3. The Hall–Kier alpha value is -2.26. The molecule has 0 radical (unpaired) electrons.